The van der Waals surface area contributed by atoms with E-state index in [1.165, 1.54) is 18.2 Å². The van der Waals surface area contributed by atoms with Crippen LogP contribution in [0.3, 0.4) is 0 Å². The van der Waals surface area contributed by atoms with Gasteiger partial charge in [0.2, 0.25) is 0 Å². The lowest BCUT2D eigenvalue weighted by Crippen LogP contribution is -2.02. The number of nitro groups is 1. The number of nitrogens with one attached hydrogen (secondary N) is 1. The van der Waals surface area contributed by atoms with Crippen LogP contribution in [-0.4, -0.2) is 16.5 Å². The molecule has 6 nitrogen and oxygen atoms in total. The Morgan fingerprint density at radius 1 is 1.38 bits per heavy atom. The molecule has 1 N–H and O–H groups in total. The molecule has 1 aromatic heterocycles. The highest BCUT2D eigenvalue weighted by molar-refractivity contribution is 6.30. The zero-order valence-corrected chi connectivity index (χ0v) is 12.1. The van der Waals surface area contributed by atoms with Crippen molar-refractivity contribution in [1.82, 2.24) is 4.98 Å². The van der Waals surface area contributed by atoms with Gasteiger partial charge in [-0.05, 0) is 19.1 Å². The van der Waals surface area contributed by atoms with Gasteiger partial charge in [-0.15, -0.1) is 0 Å². The van der Waals surface area contributed by atoms with E-state index in [2.05, 4.69) is 10.3 Å². The third-order valence-electron chi connectivity index (χ3n) is 2.70. The number of benzene rings is 1. The lowest BCUT2D eigenvalue weighted by Gasteiger charge is -2.08. The zero-order valence-electron chi connectivity index (χ0n) is 11.4. The molecular weight excluding hydrogens is 294 g/mol. The molecule has 0 amide bonds. The zero-order chi connectivity index (χ0) is 15.2. The molecule has 1 heterocycles. The number of ether oxygens (including phenoxy) is 1. The van der Waals surface area contributed by atoms with E-state index in [9.17, 15) is 10.1 Å². The maximum absolute atomic E-state index is 10.9. The minimum atomic E-state index is -0.502. The van der Waals surface area contributed by atoms with Crippen molar-refractivity contribution in [3.05, 3.63) is 57.2 Å². The second-order valence-electron chi connectivity index (χ2n) is 4.24. The molecule has 0 bridgehead atoms. The fourth-order valence-electron chi connectivity index (χ4n) is 1.71. The summed E-state index contributed by atoms with van der Waals surface area (Å²) in [5.74, 6) is 0.915. The SMILES string of the molecule is CCNc1ccc(COc2cc(Cl)ccc2[N+](=O)[O-])cn1. The highest BCUT2D eigenvalue weighted by Gasteiger charge is 2.15. The Bertz CT molecular complexity index is 632. The largest absolute Gasteiger partial charge is 0.482 e. The summed E-state index contributed by atoms with van der Waals surface area (Å²) in [4.78, 5) is 14.6. The predicted octanol–water partition coefficient (Wildman–Crippen LogP) is 3.65. The number of anilines is 1. The maximum Gasteiger partial charge on any atom is 0.311 e. The minimum Gasteiger partial charge on any atom is -0.482 e. The van der Waals surface area contributed by atoms with Crippen molar-refractivity contribution >= 4 is 23.1 Å². The number of pyridine rings is 1. The molecule has 0 spiro atoms. The van der Waals surface area contributed by atoms with Crippen molar-refractivity contribution in [2.24, 2.45) is 0 Å². The van der Waals surface area contributed by atoms with Crippen LogP contribution in [0.4, 0.5) is 11.5 Å². The average Bonchev–Trinajstić information content (AvgIpc) is 2.46. The Balaban J connectivity index is 2.08. The van der Waals surface area contributed by atoms with Crippen molar-refractivity contribution in [3.8, 4) is 5.75 Å². The molecule has 0 aliphatic heterocycles. The fourth-order valence-corrected chi connectivity index (χ4v) is 1.87. The number of hydrogen-bond donors (Lipinski definition) is 1. The van der Waals surface area contributed by atoms with Gasteiger partial charge in [0.05, 0.1) is 4.92 Å². The van der Waals surface area contributed by atoms with E-state index in [-0.39, 0.29) is 18.0 Å². The molecule has 0 saturated heterocycles. The van der Waals surface area contributed by atoms with Gasteiger partial charge in [-0.3, -0.25) is 10.1 Å². The Labute approximate surface area is 126 Å². The van der Waals surface area contributed by atoms with Crippen LogP contribution in [-0.2, 0) is 6.61 Å². The number of hydrogen-bond acceptors (Lipinski definition) is 5. The second-order valence-corrected chi connectivity index (χ2v) is 4.68. The first kappa shape index (κ1) is 15.1. The van der Waals surface area contributed by atoms with Crippen LogP contribution in [0.1, 0.15) is 12.5 Å². The Hall–Kier alpha value is -2.34. The van der Waals surface area contributed by atoms with Crippen LogP contribution in [0.2, 0.25) is 5.02 Å². The molecule has 0 aliphatic rings. The van der Waals surface area contributed by atoms with Gasteiger partial charge in [-0.1, -0.05) is 17.7 Å². The Morgan fingerprint density at radius 3 is 2.81 bits per heavy atom. The summed E-state index contributed by atoms with van der Waals surface area (Å²) in [5.41, 5.74) is 0.697. The van der Waals surface area contributed by atoms with Gasteiger partial charge in [-0.2, -0.15) is 0 Å². The normalized spacial score (nSPS) is 10.2. The Kier molecular flexibility index (Phi) is 4.94. The maximum atomic E-state index is 10.9. The predicted molar refractivity (Wildman–Crippen MR) is 80.8 cm³/mol. The molecule has 110 valence electrons. The number of nitro benzene ring substituents is 1. The fraction of sp³-hybridized carbons (Fsp3) is 0.214. The molecule has 1 aromatic carbocycles. The van der Waals surface area contributed by atoms with Crippen molar-refractivity contribution < 1.29 is 9.66 Å². The standard InChI is InChI=1S/C14H14ClN3O3/c1-2-16-14-6-3-10(8-17-14)9-21-13-7-11(15)4-5-12(13)18(19)20/h3-8H,2,9H2,1H3,(H,16,17). The van der Waals surface area contributed by atoms with Gasteiger partial charge >= 0.3 is 5.69 Å². The molecule has 0 fully saturated rings. The van der Waals surface area contributed by atoms with Gasteiger partial charge < -0.3 is 10.1 Å². The lowest BCUT2D eigenvalue weighted by molar-refractivity contribution is -0.385. The molecule has 0 atom stereocenters. The molecule has 2 rings (SSSR count). The van der Waals surface area contributed by atoms with E-state index in [4.69, 9.17) is 16.3 Å². The molecule has 0 aliphatic carbocycles. The molecule has 2 aromatic rings. The third kappa shape index (κ3) is 4.06. The van der Waals surface area contributed by atoms with Crippen LogP contribution in [0.15, 0.2) is 36.5 Å². The van der Waals surface area contributed by atoms with Crippen molar-refractivity contribution in [1.29, 1.82) is 0 Å². The molecule has 7 heteroatoms. The molecule has 0 radical (unpaired) electrons. The highest BCUT2D eigenvalue weighted by atomic mass is 35.5. The summed E-state index contributed by atoms with van der Waals surface area (Å²) in [5, 5.41) is 14.4. The summed E-state index contributed by atoms with van der Waals surface area (Å²) in [6, 6.07) is 7.89. The molecule has 21 heavy (non-hydrogen) atoms. The van der Waals surface area contributed by atoms with E-state index in [0.717, 1.165) is 17.9 Å². The monoisotopic (exact) mass is 307 g/mol. The van der Waals surface area contributed by atoms with Crippen LogP contribution in [0.5, 0.6) is 5.75 Å². The van der Waals surface area contributed by atoms with Gasteiger partial charge in [0.25, 0.3) is 0 Å². The number of rotatable bonds is 6. The average molecular weight is 308 g/mol. The minimum absolute atomic E-state index is 0.114. The third-order valence-corrected chi connectivity index (χ3v) is 2.93. The topological polar surface area (TPSA) is 77.3 Å². The van der Waals surface area contributed by atoms with Crippen molar-refractivity contribution in [2.75, 3.05) is 11.9 Å². The Morgan fingerprint density at radius 2 is 2.19 bits per heavy atom. The van der Waals surface area contributed by atoms with E-state index >= 15 is 0 Å². The van der Waals surface area contributed by atoms with Crippen LogP contribution < -0.4 is 10.1 Å². The smallest absolute Gasteiger partial charge is 0.311 e. The first-order valence-corrected chi connectivity index (χ1v) is 6.73. The van der Waals surface area contributed by atoms with Gasteiger partial charge in [0.1, 0.15) is 12.4 Å². The summed E-state index contributed by atoms with van der Waals surface area (Å²) in [7, 11) is 0. The summed E-state index contributed by atoms with van der Waals surface area (Å²) in [6.45, 7) is 2.95. The highest BCUT2D eigenvalue weighted by Crippen LogP contribution is 2.30. The van der Waals surface area contributed by atoms with Crippen molar-refractivity contribution in [2.45, 2.75) is 13.5 Å². The van der Waals surface area contributed by atoms with E-state index in [0.29, 0.717) is 5.02 Å². The van der Waals surface area contributed by atoms with Gasteiger partial charge in [0, 0.05) is 35.5 Å². The quantitative estimate of drug-likeness (QED) is 0.651. The van der Waals surface area contributed by atoms with Gasteiger partial charge in [0.15, 0.2) is 5.75 Å². The summed E-state index contributed by atoms with van der Waals surface area (Å²) >= 11 is 5.84. The lowest BCUT2D eigenvalue weighted by atomic mass is 10.3. The number of aromatic nitrogens is 1. The second kappa shape index (κ2) is 6.90. The van der Waals surface area contributed by atoms with Crippen LogP contribution in [0, 0.1) is 10.1 Å². The number of halogens is 1. The summed E-state index contributed by atoms with van der Waals surface area (Å²) in [6.07, 6.45) is 1.66. The summed E-state index contributed by atoms with van der Waals surface area (Å²) < 4.78 is 5.48. The first-order valence-electron chi connectivity index (χ1n) is 6.35. The molecular formula is C14H14ClN3O3. The first-order chi connectivity index (χ1) is 10.1. The van der Waals surface area contributed by atoms with Crippen LogP contribution >= 0.6 is 11.6 Å². The van der Waals surface area contributed by atoms with Gasteiger partial charge in [-0.25, -0.2) is 4.98 Å². The molecule has 0 unspecified atom stereocenters. The van der Waals surface area contributed by atoms with E-state index in [1.54, 1.807) is 6.20 Å². The number of nitrogens with zero attached hydrogens (tertiary/aromatic N) is 2. The van der Waals surface area contributed by atoms with E-state index < -0.39 is 4.92 Å². The van der Waals surface area contributed by atoms with Crippen LogP contribution in [0.25, 0.3) is 0 Å². The van der Waals surface area contributed by atoms with Crippen molar-refractivity contribution in [3.63, 3.8) is 0 Å². The molecule has 0 saturated carbocycles. The van der Waals surface area contributed by atoms with E-state index in [1.807, 2.05) is 19.1 Å².